The molecule has 0 spiro atoms. The van der Waals surface area contributed by atoms with Crippen molar-refractivity contribution in [3.63, 3.8) is 0 Å². The summed E-state index contributed by atoms with van der Waals surface area (Å²) >= 11 is 0. The minimum absolute atomic E-state index is 0.00631. The zero-order chi connectivity index (χ0) is 31.2. The number of carbonyl (C=O) groups excluding carboxylic acids is 2. The van der Waals surface area contributed by atoms with E-state index >= 15 is 0 Å². The SMILES string of the molecule is CC1(C)CC[C@]2(COC(=O)c3ccccc3C(=O)O)CC[C@]3(C)C(=CCC4[C@@]5(C)CCC(=O)C(C)(C)[C@@H]5CC[C@]43C)[C@@H]2C1. The lowest BCUT2D eigenvalue weighted by Crippen LogP contribution is -2.64. The van der Waals surface area contributed by atoms with E-state index in [0.717, 1.165) is 57.8 Å². The van der Waals surface area contributed by atoms with Crippen LogP contribution in [0.1, 0.15) is 133 Å². The number of benzene rings is 1. The van der Waals surface area contributed by atoms with Crippen LogP contribution >= 0.6 is 0 Å². The topological polar surface area (TPSA) is 80.7 Å². The van der Waals surface area contributed by atoms with Crippen molar-refractivity contribution in [2.45, 2.75) is 113 Å². The van der Waals surface area contributed by atoms with Crippen LogP contribution in [0, 0.1) is 50.2 Å². The summed E-state index contributed by atoms with van der Waals surface area (Å²) in [5, 5.41) is 9.65. The first-order chi connectivity index (χ1) is 20.0. The van der Waals surface area contributed by atoms with E-state index in [1.807, 2.05) is 0 Å². The monoisotopic (exact) mass is 588 g/mol. The summed E-state index contributed by atoms with van der Waals surface area (Å²) in [4.78, 5) is 38.2. The number of ketones is 1. The summed E-state index contributed by atoms with van der Waals surface area (Å²) in [6.07, 6.45) is 13.0. The molecule has 7 atom stereocenters. The maximum absolute atomic E-state index is 13.3. The molecule has 43 heavy (non-hydrogen) atoms. The molecule has 5 nitrogen and oxygen atoms in total. The minimum Gasteiger partial charge on any atom is -0.478 e. The lowest BCUT2D eigenvalue weighted by atomic mass is 9.33. The largest absolute Gasteiger partial charge is 0.478 e. The average Bonchev–Trinajstić information content (AvgIpc) is 2.94. The lowest BCUT2D eigenvalue weighted by Gasteiger charge is -2.70. The Morgan fingerprint density at radius 3 is 2.26 bits per heavy atom. The molecular formula is C38H52O5. The van der Waals surface area contributed by atoms with Crippen LogP contribution in [-0.2, 0) is 9.53 Å². The first-order valence-corrected chi connectivity index (χ1v) is 16.7. The second-order valence-corrected chi connectivity index (χ2v) is 17.1. The van der Waals surface area contributed by atoms with Crippen LogP contribution in [0.5, 0.6) is 0 Å². The molecule has 0 radical (unpaired) electrons. The number of ether oxygens (including phenoxy) is 1. The number of esters is 1. The van der Waals surface area contributed by atoms with Crippen molar-refractivity contribution < 1.29 is 24.2 Å². The van der Waals surface area contributed by atoms with Crippen molar-refractivity contribution in [1.29, 1.82) is 0 Å². The molecule has 5 aliphatic carbocycles. The fourth-order valence-corrected chi connectivity index (χ4v) is 11.5. The van der Waals surface area contributed by atoms with Crippen LogP contribution in [0.3, 0.4) is 0 Å². The summed E-state index contributed by atoms with van der Waals surface area (Å²) in [5.41, 5.74) is 1.93. The van der Waals surface area contributed by atoms with Crippen molar-refractivity contribution in [2.24, 2.45) is 50.2 Å². The van der Waals surface area contributed by atoms with Crippen LogP contribution in [0.25, 0.3) is 0 Å². The fraction of sp³-hybridized carbons (Fsp3) is 0.711. The van der Waals surface area contributed by atoms with Crippen LogP contribution < -0.4 is 0 Å². The number of hydrogen-bond acceptors (Lipinski definition) is 4. The molecule has 0 amide bonds. The molecule has 5 aliphatic rings. The Labute approximate surface area is 258 Å². The van der Waals surface area contributed by atoms with Crippen LogP contribution in [0.15, 0.2) is 35.9 Å². The zero-order valence-corrected chi connectivity index (χ0v) is 27.5. The highest BCUT2D eigenvalue weighted by molar-refractivity contribution is 6.02. The molecule has 1 N–H and O–H groups in total. The predicted molar refractivity (Wildman–Crippen MR) is 168 cm³/mol. The van der Waals surface area contributed by atoms with Gasteiger partial charge in [0.15, 0.2) is 0 Å². The van der Waals surface area contributed by atoms with E-state index in [2.05, 4.69) is 54.5 Å². The number of aromatic carboxylic acids is 1. The smallest absolute Gasteiger partial charge is 0.339 e. The van der Waals surface area contributed by atoms with Gasteiger partial charge < -0.3 is 9.84 Å². The van der Waals surface area contributed by atoms with Gasteiger partial charge in [0.25, 0.3) is 0 Å². The third-order valence-electron chi connectivity index (χ3n) is 14.4. The fourth-order valence-electron chi connectivity index (χ4n) is 11.5. The first-order valence-electron chi connectivity index (χ1n) is 16.7. The molecule has 0 aliphatic heterocycles. The highest BCUT2D eigenvalue weighted by atomic mass is 16.5. The van der Waals surface area contributed by atoms with Gasteiger partial charge in [-0.15, -0.1) is 0 Å². The van der Waals surface area contributed by atoms with Gasteiger partial charge in [-0.25, -0.2) is 9.59 Å². The predicted octanol–water partition coefficient (Wildman–Crippen LogP) is 8.91. The molecule has 1 aromatic carbocycles. The molecule has 0 aromatic heterocycles. The van der Waals surface area contributed by atoms with Crippen LogP contribution in [-0.4, -0.2) is 29.4 Å². The van der Waals surface area contributed by atoms with Crippen LogP contribution in [0.4, 0.5) is 0 Å². The van der Waals surface area contributed by atoms with Crippen molar-refractivity contribution in [1.82, 2.24) is 0 Å². The Kier molecular flexibility index (Phi) is 6.96. The van der Waals surface area contributed by atoms with Gasteiger partial charge in [0, 0.05) is 17.3 Å². The molecule has 4 fully saturated rings. The number of rotatable bonds is 4. The maximum Gasteiger partial charge on any atom is 0.339 e. The highest BCUT2D eigenvalue weighted by Gasteiger charge is 2.68. The Hall–Kier alpha value is -2.43. The third kappa shape index (κ3) is 4.33. The van der Waals surface area contributed by atoms with Crippen LogP contribution in [0.2, 0.25) is 0 Å². The normalized spacial score (nSPS) is 41.0. The highest BCUT2D eigenvalue weighted by Crippen LogP contribution is 2.75. The minimum atomic E-state index is -1.11. The summed E-state index contributed by atoms with van der Waals surface area (Å²) in [6.45, 7) is 17.2. The summed E-state index contributed by atoms with van der Waals surface area (Å²) in [5.74, 6) is 0.126. The van der Waals surface area contributed by atoms with Gasteiger partial charge in [-0.2, -0.15) is 0 Å². The van der Waals surface area contributed by atoms with E-state index in [9.17, 15) is 19.5 Å². The van der Waals surface area contributed by atoms with Gasteiger partial charge >= 0.3 is 11.9 Å². The lowest BCUT2D eigenvalue weighted by molar-refractivity contribution is -0.186. The Bertz CT molecular complexity index is 1390. The van der Waals surface area contributed by atoms with Gasteiger partial charge in [-0.1, -0.05) is 72.2 Å². The number of hydrogen-bond donors (Lipinski definition) is 1. The first kappa shape index (κ1) is 30.6. The van der Waals surface area contributed by atoms with Gasteiger partial charge in [0.1, 0.15) is 5.78 Å². The zero-order valence-electron chi connectivity index (χ0n) is 27.5. The van der Waals surface area contributed by atoms with E-state index in [-0.39, 0.29) is 43.6 Å². The van der Waals surface area contributed by atoms with Gasteiger partial charge in [-0.05, 0) is 109 Å². The summed E-state index contributed by atoms with van der Waals surface area (Å²) < 4.78 is 6.09. The molecule has 4 saturated carbocycles. The van der Waals surface area contributed by atoms with Crippen molar-refractivity contribution in [3.8, 4) is 0 Å². The summed E-state index contributed by atoms with van der Waals surface area (Å²) in [7, 11) is 0. The van der Waals surface area contributed by atoms with E-state index < -0.39 is 11.9 Å². The number of Topliss-reactive ketones (excluding diaryl/α,β-unsaturated/α-hetero) is 1. The number of fused-ring (bicyclic) bond motifs is 7. The Morgan fingerprint density at radius 2 is 1.56 bits per heavy atom. The number of carboxylic acids is 1. The molecule has 0 heterocycles. The number of allylic oxidation sites excluding steroid dienone is 2. The van der Waals surface area contributed by atoms with Crippen molar-refractivity contribution in [2.75, 3.05) is 6.61 Å². The molecule has 5 heteroatoms. The molecule has 0 saturated heterocycles. The molecule has 234 valence electrons. The maximum atomic E-state index is 13.3. The van der Waals surface area contributed by atoms with Crippen molar-refractivity contribution in [3.05, 3.63) is 47.0 Å². The number of carbonyl (C=O) groups is 3. The van der Waals surface area contributed by atoms with E-state index in [4.69, 9.17) is 4.74 Å². The second-order valence-electron chi connectivity index (χ2n) is 17.1. The molecule has 1 aromatic rings. The third-order valence-corrected chi connectivity index (χ3v) is 14.4. The molecule has 6 rings (SSSR count). The average molecular weight is 589 g/mol. The molecule has 1 unspecified atom stereocenters. The van der Waals surface area contributed by atoms with E-state index in [1.165, 1.54) is 6.07 Å². The Balaban J connectivity index is 1.34. The molecule has 0 bridgehead atoms. The second kappa shape index (κ2) is 9.78. The van der Waals surface area contributed by atoms with E-state index in [0.29, 0.717) is 36.6 Å². The van der Waals surface area contributed by atoms with E-state index in [1.54, 1.807) is 23.8 Å². The molecular weight excluding hydrogens is 536 g/mol. The summed E-state index contributed by atoms with van der Waals surface area (Å²) in [6, 6.07) is 6.37. The Morgan fingerprint density at radius 1 is 0.884 bits per heavy atom. The van der Waals surface area contributed by atoms with Gasteiger partial charge in [-0.3, -0.25) is 4.79 Å². The van der Waals surface area contributed by atoms with Gasteiger partial charge in [0.05, 0.1) is 17.7 Å². The number of carboxylic acid groups (broad SMARTS) is 1. The van der Waals surface area contributed by atoms with Crippen molar-refractivity contribution >= 4 is 17.7 Å². The quantitative estimate of drug-likeness (QED) is 0.281. The van der Waals surface area contributed by atoms with Gasteiger partial charge in [0.2, 0.25) is 0 Å². The standard InChI is InChI=1S/C38H52O5/c1-33(2)18-20-38(23-43-32(42)25-11-9-8-10-24(25)31(40)41)21-19-36(6)26(27(38)22-33)12-13-29-35(5)16-15-30(39)34(3,4)28(35)14-17-37(29,36)7/h8-12,27-29H,13-23H2,1-7H3,(H,40,41)/t27-,28-,29?,35-,36+,37+,38+/m0/s1.